The van der Waals surface area contributed by atoms with E-state index in [1.54, 1.807) is 11.3 Å². The smallest absolute Gasteiger partial charge is 0.0972 e. The third-order valence-corrected chi connectivity index (χ3v) is 5.02. The fourth-order valence-electron chi connectivity index (χ4n) is 2.72. The lowest BCUT2D eigenvalue weighted by molar-refractivity contribution is 0.201. The van der Waals surface area contributed by atoms with Crippen LogP contribution in [0.3, 0.4) is 0 Å². The van der Waals surface area contributed by atoms with Crippen LogP contribution in [0.4, 0.5) is 0 Å². The highest BCUT2D eigenvalue weighted by molar-refractivity contribution is 7.09. The van der Waals surface area contributed by atoms with E-state index in [0.29, 0.717) is 6.04 Å². The Kier molecular flexibility index (Phi) is 5.78. The average Bonchev–Trinajstić information content (AvgIpc) is 3.03. The molecule has 0 saturated heterocycles. The predicted octanol–water partition coefficient (Wildman–Crippen LogP) is 5.14. The van der Waals surface area contributed by atoms with Crippen LogP contribution >= 0.6 is 11.3 Å². The lowest BCUT2D eigenvalue weighted by Gasteiger charge is -2.25. The highest BCUT2D eigenvalue weighted by Crippen LogP contribution is 2.18. The highest BCUT2D eigenvalue weighted by atomic mass is 32.1. The van der Waals surface area contributed by atoms with Crippen molar-refractivity contribution in [2.24, 2.45) is 0 Å². The van der Waals surface area contributed by atoms with Crippen LogP contribution in [0.15, 0.2) is 66.0 Å². The molecule has 0 aliphatic carbocycles. The summed E-state index contributed by atoms with van der Waals surface area (Å²) in [6.07, 6.45) is 0.922. The van der Waals surface area contributed by atoms with Gasteiger partial charge in [-0.05, 0) is 25.0 Å². The average molecular weight is 337 g/mol. The molecule has 0 spiro atoms. The van der Waals surface area contributed by atoms with Crippen LogP contribution in [0.25, 0.3) is 0 Å². The molecule has 0 N–H and O–H groups in total. The molecule has 0 fully saturated rings. The van der Waals surface area contributed by atoms with Gasteiger partial charge in [0.25, 0.3) is 0 Å². The Morgan fingerprint density at radius 1 is 0.875 bits per heavy atom. The van der Waals surface area contributed by atoms with Crippen molar-refractivity contribution in [3.63, 3.8) is 0 Å². The maximum absolute atomic E-state index is 4.85. The fourth-order valence-corrected chi connectivity index (χ4v) is 3.54. The molecular formula is C21H24N2S. The number of rotatable bonds is 7. The maximum atomic E-state index is 4.85. The molecule has 1 heterocycles. The standard InChI is InChI=1S/C21H24N2S/c1-17(2)23(14-19-11-7-4-8-12-19)15-20-16-24-21(22-20)13-18-9-5-3-6-10-18/h3-12,16-17H,13-15H2,1-2H3. The zero-order valence-corrected chi connectivity index (χ0v) is 15.2. The number of nitrogens with zero attached hydrogens (tertiary/aromatic N) is 2. The summed E-state index contributed by atoms with van der Waals surface area (Å²) >= 11 is 1.77. The van der Waals surface area contributed by atoms with Crippen molar-refractivity contribution in [1.82, 2.24) is 9.88 Å². The Morgan fingerprint density at radius 2 is 1.50 bits per heavy atom. The molecule has 2 nitrogen and oxygen atoms in total. The Morgan fingerprint density at radius 3 is 2.12 bits per heavy atom. The Balaban J connectivity index is 1.65. The second-order valence-corrected chi connectivity index (χ2v) is 7.32. The van der Waals surface area contributed by atoms with Crippen molar-refractivity contribution in [1.29, 1.82) is 0 Å². The van der Waals surface area contributed by atoms with Crippen molar-refractivity contribution < 1.29 is 0 Å². The lowest BCUT2D eigenvalue weighted by atomic mass is 10.1. The molecule has 0 bridgehead atoms. The number of hydrogen-bond acceptors (Lipinski definition) is 3. The summed E-state index contributed by atoms with van der Waals surface area (Å²) in [7, 11) is 0. The van der Waals surface area contributed by atoms with Crippen LogP contribution in [0.5, 0.6) is 0 Å². The number of thiazole rings is 1. The molecule has 0 radical (unpaired) electrons. The molecule has 0 aliphatic heterocycles. The molecular weight excluding hydrogens is 312 g/mol. The van der Waals surface area contributed by atoms with Gasteiger partial charge in [-0.25, -0.2) is 4.98 Å². The highest BCUT2D eigenvalue weighted by Gasteiger charge is 2.13. The van der Waals surface area contributed by atoms with Gasteiger partial charge >= 0.3 is 0 Å². The minimum Gasteiger partial charge on any atom is -0.291 e. The summed E-state index contributed by atoms with van der Waals surface area (Å²) in [4.78, 5) is 7.32. The lowest BCUT2D eigenvalue weighted by Crippen LogP contribution is -2.29. The molecule has 124 valence electrons. The quantitative estimate of drug-likeness (QED) is 0.593. The van der Waals surface area contributed by atoms with Gasteiger partial charge in [0.2, 0.25) is 0 Å². The number of benzene rings is 2. The summed E-state index contributed by atoms with van der Waals surface area (Å²) in [5.41, 5.74) is 3.85. The van der Waals surface area contributed by atoms with E-state index in [0.717, 1.165) is 19.5 Å². The van der Waals surface area contributed by atoms with Crippen LogP contribution in [0, 0.1) is 0 Å². The van der Waals surface area contributed by atoms with Crippen molar-refractivity contribution >= 4 is 11.3 Å². The molecule has 2 aromatic carbocycles. The van der Waals surface area contributed by atoms with Crippen LogP contribution in [0.2, 0.25) is 0 Å². The molecule has 24 heavy (non-hydrogen) atoms. The summed E-state index contributed by atoms with van der Waals surface area (Å²) in [6, 6.07) is 21.7. The molecule has 0 atom stereocenters. The first kappa shape index (κ1) is 16.9. The van der Waals surface area contributed by atoms with Crippen LogP contribution in [0.1, 0.15) is 35.7 Å². The van der Waals surface area contributed by atoms with E-state index in [1.165, 1.54) is 21.8 Å². The third-order valence-electron chi connectivity index (χ3n) is 4.12. The third kappa shape index (κ3) is 4.76. The summed E-state index contributed by atoms with van der Waals surface area (Å²) < 4.78 is 0. The molecule has 0 amide bonds. The van der Waals surface area contributed by atoms with Gasteiger partial charge in [-0.1, -0.05) is 60.7 Å². The van der Waals surface area contributed by atoms with Gasteiger partial charge in [-0.3, -0.25) is 4.90 Å². The Bertz CT molecular complexity index is 735. The first-order chi connectivity index (χ1) is 11.7. The van der Waals surface area contributed by atoms with E-state index in [9.17, 15) is 0 Å². The van der Waals surface area contributed by atoms with Crippen molar-refractivity contribution in [2.75, 3.05) is 0 Å². The number of aromatic nitrogens is 1. The molecule has 0 saturated carbocycles. The molecule has 3 aromatic rings. The van der Waals surface area contributed by atoms with Gasteiger partial charge in [-0.15, -0.1) is 11.3 Å². The molecule has 3 rings (SSSR count). The molecule has 0 unspecified atom stereocenters. The largest absolute Gasteiger partial charge is 0.291 e. The van der Waals surface area contributed by atoms with E-state index in [1.807, 2.05) is 0 Å². The molecule has 3 heteroatoms. The van der Waals surface area contributed by atoms with Gasteiger partial charge in [0.15, 0.2) is 0 Å². The Labute approximate surface area is 148 Å². The van der Waals surface area contributed by atoms with E-state index >= 15 is 0 Å². The second kappa shape index (κ2) is 8.22. The fraction of sp³-hybridized carbons (Fsp3) is 0.286. The van der Waals surface area contributed by atoms with Gasteiger partial charge in [0, 0.05) is 30.9 Å². The maximum Gasteiger partial charge on any atom is 0.0972 e. The van der Waals surface area contributed by atoms with E-state index in [2.05, 4.69) is 84.8 Å². The van der Waals surface area contributed by atoms with Gasteiger partial charge < -0.3 is 0 Å². The number of hydrogen-bond donors (Lipinski definition) is 0. The monoisotopic (exact) mass is 336 g/mol. The van der Waals surface area contributed by atoms with E-state index in [-0.39, 0.29) is 0 Å². The topological polar surface area (TPSA) is 16.1 Å². The van der Waals surface area contributed by atoms with Crippen LogP contribution < -0.4 is 0 Å². The van der Waals surface area contributed by atoms with E-state index < -0.39 is 0 Å². The van der Waals surface area contributed by atoms with Crippen molar-refractivity contribution in [3.8, 4) is 0 Å². The van der Waals surface area contributed by atoms with Gasteiger partial charge in [0.1, 0.15) is 0 Å². The molecule has 0 aliphatic rings. The SMILES string of the molecule is CC(C)N(Cc1ccccc1)Cc1csc(Cc2ccccc2)n1. The summed E-state index contributed by atoms with van der Waals surface area (Å²) in [5.74, 6) is 0. The summed E-state index contributed by atoms with van der Waals surface area (Å²) in [6.45, 7) is 6.36. The van der Waals surface area contributed by atoms with Crippen LogP contribution in [-0.2, 0) is 19.5 Å². The first-order valence-corrected chi connectivity index (χ1v) is 9.34. The molecule has 1 aromatic heterocycles. The van der Waals surface area contributed by atoms with E-state index in [4.69, 9.17) is 4.98 Å². The normalized spacial score (nSPS) is 11.3. The van der Waals surface area contributed by atoms with Gasteiger partial charge in [-0.2, -0.15) is 0 Å². The Hall–Kier alpha value is -1.97. The second-order valence-electron chi connectivity index (χ2n) is 6.38. The zero-order chi connectivity index (χ0) is 16.8. The van der Waals surface area contributed by atoms with Crippen molar-refractivity contribution in [3.05, 3.63) is 87.9 Å². The minimum atomic E-state index is 0.490. The zero-order valence-electron chi connectivity index (χ0n) is 14.4. The summed E-state index contributed by atoms with van der Waals surface area (Å²) in [5, 5.41) is 3.40. The van der Waals surface area contributed by atoms with Gasteiger partial charge in [0.05, 0.1) is 10.7 Å². The van der Waals surface area contributed by atoms with Crippen molar-refractivity contribution in [2.45, 2.75) is 39.4 Å². The predicted molar refractivity (Wildman–Crippen MR) is 102 cm³/mol. The minimum absolute atomic E-state index is 0.490. The van der Waals surface area contributed by atoms with Crippen LogP contribution in [-0.4, -0.2) is 15.9 Å². The first-order valence-electron chi connectivity index (χ1n) is 8.46.